The molecule has 3 rings (SSSR count). The van der Waals surface area contributed by atoms with Crippen LogP contribution in [0.4, 0.5) is 0 Å². The number of ether oxygens (including phenoxy) is 1. The van der Waals surface area contributed by atoms with Crippen molar-refractivity contribution in [3.05, 3.63) is 70.2 Å². The van der Waals surface area contributed by atoms with Gasteiger partial charge in [0, 0.05) is 36.1 Å². The van der Waals surface area contributed by atoms with Gasteiger partial charge in [-0.25, -0.2) is 0 Å². The third kappa shape index (κ3) is 4.93. The zero-order valence-electron chi connectivity index (χ0n) is 14.3. The molecule has 4 heteroatoms. The number of amides is 1. The zero-order valence-corrected chi connectivity index (χ0v) is 15.9. The van der Waals surface area contributed by atoms with Gasteiger partial charge in [-0.15, -0.1) is 0 Å². The van der Waals surface area contributed by atoms with Crippen LogP contribution in [0.15, 0.2) is 59.1 Å². The van der Waals surface area contributed by atoms with Crippen molar-refractivity contribution in [2.75, 3.05) is 19.8 Å². The van der Waals surface area contributed by atoms with Crippen molar-refractivity contribution in [1.29, 1.82) is 0 Å². The van der Waals surface area contributed by atoms with Crippen molar-refractivity contribution >= 4 is 21.8 Å². The molecule has 2 aromatic carbocycles. The molecule has 0 radical (unpaired) electrons. The predicted octanol–water partition coefficient (Wildman–Crippen LogP) is 4.25. The second kappa shape index (κ2) is 8.63. The van der Waals surface area contributed by atoms with Gasteiger partial charge in [-0.2, -0.15) is 0 Å². The first kappa shape index (κ1) is 18.2. The minimum Gasteiger partial charge on any atom is -0.381 e. The molecule has 0 atom stereocenters. The maximum absolute atomic E-state index is 12.3. The Morgan fingerprint density at radius 1 is 1.08 bits per heavy atom. The highest BCUT2D eigenvalue weighted by atomic mass is 79.9. The molecular weight excluding hydrogens is 378 g/mol. The number of hydrogen-bond donors (Lipinski definition) is 1. The summed E-state index contributed by atoms with van der Waals surface area (Å²) in [4.78, 5) is 12.3. The Bertz CT molecular complexity index is 696. The highest BCUT2D eigenvalue weighted by Gasteiger charge is 2.34. The normalized spacial score (nSPS) is 16.4. The molecule has 1 aliphatic rings. The Hall–Kier alpha value is -1.65. The van der Waals surface area contributed by atoms with E-state index in [1.165, 1.54) is 11.1 Å². The van der Waals surface area contributed by atoms with Gasteiger partial charge < -0.3 is 10.1 Å². The SMILES string of the molecule is O=C(CCc1ccccc1)NCC1(c2cccc(Br)c2)CCOCC1. The molecule has 0 spiro atoms. The predicted molar refractivity (Wildman–Crippen MR) is 104 cm³/mol. The van der Waals surface area contributed by atoms with Crippen molar-refractivity contribution < 1.29 is 9.53 Å². The first-order chi connectivity index (χ1) is 12.2. The van der Waals surface area contributed by atoms with Crippen molar-refractivity contribution in [2.45, 2.75) is 31.1 Å². The maximum Gasteiger partial charge on any atom is 0.220 e. The van der Waals surface area contributed by atoms with Crippen molar-refractivity contribution in [3.63, 3.8) is 0 Å². The van der Waals surface area contributed by atoms with Crippen LogP contribution in [0.5, 0.6) is 0 Å². The molecule has 1 fully saturated rings. The van der Waals surface area contributed by atoms with E-state index in [1.54, 1.807) is 0 Å². The number of carbonyl (C=O) groups excluding carboxylic acids is 1. The number of halogens is 1. The molecule has 1 saturated heterocycles. The Morgan fingerprint density at radius 3 is 2.56 bits per heavy atom. The topological polar surface area (TPSA) is 38.3 Å². The summed E-state index contributed by atoms with van der Waals surface area (Å²) in [5.74, 6) is 0.115. The summed E-state index contributed by atoms with van der Waals surface area (Å²) in [5.41, 5.74) is 2.43. The molecule has 1 N–H and O–H groups in total. The van der Waals surface area contributed by atoms with Gasteiger partial charge in [0.15, 0.2) is 0 Å². The van der Waals surface area contributed by atoms with Gasteiger partial charge in [0.2, 0.25) is 5.91 Å². The van der Waals surface area contributed by atoms with Gasteiger partial charge in [0.25, 0.3) is 0 Å². The summed E-state index contributed by atoms with van der Waals surface area (Å²) in [6.45, 7) is 2.15. The minimum atomic E-state index is -0.0373. The molecule has 1 aliphatic heterocycles. The summed E-state index contributed by atoms with van der Waals surface area (Å²) >= 11 is 3.57. The average Bonchev–Trinajstić information content (AvgIpc) is 2.66. The molecule has 0 unspecified atom stereocenters. The van der Waals surface area contributed by atoms with E-state index in [0.29, 0.717) is 13.0 Å². The molecule has 2 aromatic rings. The maximum atomic E-state index is 12.3. The highest BCUT2D eigenvalue weighted by molar-refractivity contribution is 9.10. The number of benzene rings is 2. The van der Waals surface area contributed by atoms with Crippen LogP contribution in [0.1, 0.15) is 30.4 Å². The van der Waals surface area contributed by atoms with Gasteiger partial charge in [0.1, 0.15) is 0 Å². The van der Waals surface area contributed by atoms with Crippen LogP contribution in [0.2, 0.25) is 0 Å². The van der Waals surface area contributed by atoms with E-state index < -0.39 is 0 Å². The zero-order chi connectivity index (χ0) is 17.5. The molecule has 3 nitrogen and oxygen atoms in total. The van der Waals surface area contributed by atoms with Crippen LogP contribution in [0, 0.1) is 0 Å². The Labute approximate surface area is 157 Å². The summed E-state index contributed by atoms with van der Waals surface area (Å²) < 4.78 is 6.64. The van der Waals surface area contributed by atoms with Crippen LogP contribution in [-0.2, 0) is 21.4 Å². The van der Waals surface area contributed by atoms with Crippen LogP contribution in [0.3, 0.4) is 0 Å². The van der Waals surface area contributed by atoms with Gasteiger partial charge in [-0.05, 0) is 42.5 Å². The lowest BCUT2D eigenvalue weighted by atomic mass is 9.74. The lowest BCUT2D eigenvalue weighted by molar-refractivity contribution is -0.121. The molecule has 0 aromatic heterocycles. The summed E-state index contributed by atoms with van der Waals surface area (Å²) in [5, 5.41) is 3.17. The molecule has 1 heterocycles. The highest BCUT2D eigenvalue weighted by Crippen LogP contribution is 2.35. The molecule has 25 heavy (non-hydrogen) atoms. The second-order valence-corrected chi connectivity index (χ2v) is 7.58. The average molecular weight is 402 g/mol. The quantitative estimate of drug-likeness (QED) is 0.785. The minimum absolute atomic E-state index is 0.0373. The van der Waals surface area contributed by atoms with Crippen LogP contribution < -0.4 is 5.32 Å². The molecule has 1 amide bonds. The van der Waals surface area contributed by atoms with E-state index >= 15 is 0 Å². The number of nitrogens with one attached hydrogen (secondary N) is 1. The smallest absolute Gasteiger partial charge is 0.220 e. The fourth-order valence-corrected chi connectivity index (χ4v) is 3.81. The van der Waals surface area contributed by atoms with E-state index in [2.05, 4.69) is 51.6 Å². The first-order valence-corrected chi connectivity index (χ1v) is 9.62. The van der Waals surface area contributed by atoms with E-state index in [9.17, 15) is 4.79 Å². The van der Waals surface area contributed by atoms with E-state index in [4.69, 9.17) is 4.74 Å². The van der Waals surface area contributed by atoms with Crippen molar-refractivity contribution in [3.8, 4) is 0 Å². The lowest BCUT2D eigenvalue weighted by Crippen LogP contribution is -2.44. The standard InChI is InChI=1S/C21H24BrNO2/c22-19-8-4-7-18(15-19)21(11-13-25-14-12-21)16-23-20(24)10-9-17-5-2-1-3-6-17/h1-8,15H,9-14,16H2,(H,23,24). The monoisotopic (exact) mass is 401 g/mol. The van der Waals surface area contributed by atoms with Crippen molar-refractivity contribution in [2.24, 2.45) is 0 Å². The third-order valence-electron chi connectivity index (χ3n) is 4.99. The van der Waals surface area contributed by atoms with E-state index in [0.717, 1.165) is 36.9 Å². The molecule has 132 valence electrons. The largest absolute Gasteiger partial charge is 0.381 e. The molecule has 0 saturated carbocycles. The molecule has 0 aliphatic carbocycles. The van der Waals surface area contributed by atoms with Gasteiger partial charge >= 0.3 is 0 Å². The summed E-state index contributed by atoms with van der Waals surface area (Å²) in [6, 6.07) is 18.6. The van der Waals surface area contributed by atoms with Crippen molar-refractivity contribution in [1.82, 2.24) is 5.32 Å². The summed E-state index contributed by atoms with van der Waals surface area (Å²) in [7, 11) is 0. The van der Waals surface area contributed by atoms with Crippen LogP contribution in [0.25, 0.3) is 0 Å². The van der Waals surface area contributed by atoms with Gasteiger partial charge in [-0.1, -0.05) is 58.4 Å². The molecular formula is C21H24BrNO2. The number of rotatable bonds is 6. The second-order valence-electron chi connectivity index (χ2n) is 6.67. The lowest BCUT2D eigenvalue weighted by Gasteiger charge is -2.38. The van der Waals surface area contributed by atoms with E-state index in [-0.39, 0.29) is 11.3 Å². The van der Waals surface area contributed by atoms with Crippen LogP contribution in [-0.4, -0.2) is 25.7 Å². The van der Waals surface area contributed by atoms with Gasteiger partial charge in [-0.3, -0.25) is 4.79 Å². The Balaban J connectivity index is 1.62. The van der Waals surface area contributed by atoms with Crippen LogP contribution >= 0.6 is 15.9 Å². The molecule has 0 bridgehead atoms. The summed E-state index contributed by atoms with van der Waals surface area (Å²) in [6.07, 6.45) is 3.17. The van der Waals surface area contributed by atoms with Gasteiger partial charge in [0.05, 0.1) is 0 Å². The third-order valence-corrected chi connectivity index (χ3v) is 5.49. The number of aryl methyl sites for hydroxylation is 1. The number of carbonyl (C=O) groups is 1. The Kier molecular flexibility index (Phi) is 6.27. The Morgan fingerprint density at radius 2 is 1.84 bits per heavy atom. The fourth-order valence-electron chi connectivity index (χ4n) is 3.41. The first-order valence-electron chi connectivity index (χ1n) is 8.82. The number of hydrogen-bond acceptors (Lipinski definition) is 2. The van der Waals surface area contributed by atoms with E-state index in [1.807, 2.05) is 24.3 Å². The fraction of sp³-hybridized carbons (Fsp3) is 0.381.